The van der Waals surface area contributed by atoms with Gasteiger partial charge >= 0.3 is 0 Å². The summed E-state index contributed by atoms with van der Waals surface area (Å²) in [4.78, 5) is 21.5. The summed E-state index contributed by atoms with van der Waals surface area (Å²) in [6.45, 7) is 2.50. The Kier molecular flexibility index (Phi) is 4.64. The maximum absolute atomic E-state index is 13.4. The highest BCUT2D eigenvalue weighted by molar-refractivity contribution is 5.89. The van der Waals surface area contributed by atoms with Crippen LogP contribution in [0.15, 0.2) is 24.8 Å². The molecule has 25 heavy (non-hydrogen) atoms. The van der Waals surface area contributed by atoms with Crippen molar-refractivity contribution in [1.29, 1.82) is 0 Å². The van der Waals surface area contributed by atoms with Crippen LogP contribution in [0.2, 0.25) is 0 Å². The van der Waals surface area contributed by atoms with Crippen molar-refractivity contribution in [3.05, 3.63) is 30.6 Å². The minimum atomic E-state index is -0.543. The third-order valence-electron chi connectivity index (χ3n) is 3.26. The SMILES string of the molecule is CCn1ncc(NC(=O)Cn2cc(-c3ncc(F)c(NC)n3)cn2)n1. The lowest BCUT2D eigenvalue weighted by atomic mass is 10.3. The number of aryl methyl sites for hydroxylation is 1. The summed E-state index contributed by atoms with van der Waals surface area (Å²) in [5.74, 6) is -0.0653. The van der Waals surface area contributed by atoms with Crippen LogP contribution in [0.1, 0.15) is 6.92 Å². The number of nitrogens with one attached hydrogen (secondary N) is 2. The van der Waals surface area contributed by atoms with E-state index >= 15 is 0 Å². The van der Waals surface area contributed by atoms with E-state index in [1.165, 1.54) is 21.9 Å². The zero-order valence-electron chi connectivity index (χ0n) is 13.6. The standard InChI is InChI=1S/C14H16FN9O/c1-3-24-19-6-11(22-24)20-12(25)8-23-7-9(4-18-23)13-17-5-10(15)14(16-2)21-13/h4-7H,3,8H2,1-2H3,(H,16,17,21)(H,20,22,25). The van der Waals surface area contributed by atoms with Gasteiger partial charge in [0.25, 0.3) is 0 Å². The van der Waals surface area contributed by atoms with Gasteiger partial charge in [0.15, 0.2) is 23.3 Å². The maximum Gasteiger partial charge on any atom is 0.247 e. The van der Waals surface area contributed by atoms with E-state index < -0.39 is 5.82 Å². The number of anilines is 2. The Hall–Kier alpha value is -3.37. The zero-order chi connectivity index (χ0) is 17.8. The molecule has 0 unspecified atom stereocenters. The smallest absolute Gasteiger partial charge is 0.247 e. The molecule has 0 radical (unpaired) electrons. The number of hydrogen-bond donors (Lipinski definition) is 2. The summed E-state index contributed by atoms with van der Waals surface area (Å²) in [5, 5.41) is 17.4. The molecular formula is C14H16FN9O. The first-order valence-corrected chi connectivity index (χ1v) is 7.52. The molecule has 0 saturated heterocycles. The molecule has 0 aliphatic carbocycles. The molecule has 130 valence electrons. The van der Waals surface area contributed by atoms with Gasteiger partial charge in [0, 0.05) is 13.2 Å². The molecule has 3 aromatic heterocycles. The van der Waals surface area contributed by atoms with Gasteiger partial charge in [-0.05, 0) is 6.92 Å². The lowest BCUT2D eigenvalue weighted by molar-refractivity contribution is -0.116. The molecule has 0 spiro atoms. The molecule has 11 heteroatoms. The molecule has 0 saturated carbocycles. The van der Waals surface area contributed by atoms with Crippen molar-refractivity contribution in [1.82, 2.24) is 34.7 Å². The van der Waals surface area contributed by atoms with Crippen molar-refractivity contribution in [3.8, 4) is 11.4 Å². The van der Waals surface area contributed by atoms with E-state index in [0.717, 1.165) is 6.20 Å². The van der Waals surface area contributed by atoms with Crippen LogP contribution in [0.3, 0.4) is 0 Å². The summed E-state index contributed by atoms with van der Waals surface area (Å²) >= 11 is 0. The fourth-order valence-electron chi connectivity index (χ4n) is 2.08. The van der Waals surface area contributed by atoms with Crippen LogP contribution in [0, 0.1) is 5.82 Å². The van der Waals surface area contributed by atoms with E-state index in [-0.39, 0.29) is 18.3 Å². The Morgan fingerprint density at radius 1 is 1.28 bits per heavy atom. The van der Waals surface area contributed by atoms with Crippen LogP contribution in [0.5, 0.6) is 0 Å². The first-order valence-electron chi connectivity index (χ1n) is 7.52. The van der Waals surface area contributed by atoms with E-state index in [1.54, 1.807) is 13.2 Å². The number of rotatable bonds is 6. The monoisotopic (exact) mass is 345 g/mol. The molecule has 3 aromatic rings. The molecule has 0 aromatic carbocycles. The Morgan fingerprint density at radius 2 is 2.12 bits per heavy atom. The lowest BCUT2D eigenvalue weighted by Crippen LogP contribution is -2.19. The fraction of sp³-hybridized carbons (Fsp3) is 0.286. The highest BCUT2D eigenvalue weighted by Crippen LogP contribution is 2.17. The highest BCUT2D eigenvalue weighted by atomic mass is 19.1. The number of carbonyl (C=O) groups excluding carboxylic acids is 1. The maximum atomic E-state index is 13.4. The second-order valence-electron chi connectivity index (χ2n) is 5.03. The molecule has 0 aliphatic heterocycles. The van der Waals surface area contributed by atoms with Crippen molar-refractivity contribution in [2.45, 2.75) is 20.0 Å². The average Bonchev–Trinajstić information content (AvgIpc) is 3.24. The summed E-state index contributed by atoms with van der Waals surface area (Å²) in [6, 6.07) is 0. The van der Waals surface area contributed by atoms with E-state index in [2.05, 4.69) is 35.9 Å². The molecule has 10 nitrogen and oxygen atoms in total. The van der Waals surface area contributed by atoms with Crippen LogP contribution in [0.4, 0.5) is 16.0 Å². The first kappa shape index (κ1) is 16.5. The van der Waals surface area contributed by atoms with Crippen molar-refractivity contribution in [2.24, 2.45) is 0 Å². The van der Waals surface area contributed by atoms with Crippen molar-refractivity contribution in [3.63, 3.8) is 0 Å². The van der Waals surface area contributed by atoms with Gasteiger partial charge in [-0.2, -0.15) is 15.0 Å². The second-order valence-corrected chi connectivity index (χ2v) is 5.03. The van der Waals surface area contributed by atoms with Crippen LogP contribution >= 0.6 is 0 Å². The molecule has 2 N–H and O–H groups in total. The molecule has 0 bridgehead atoms. The topological polar surface area (TPSA) is 115 Å². The van der Waals surface area contributed by atoms with Crippen molar-refractivity contribution in [2.75, 3.05) is 17.7 Å². The van der Waals surface area contributed by atoms with Crippen LogP contribution in [-0.2, 0) is 17.9 Å². The van der Waals surface area contributed by atoms with Gasteiger partial charge in [-0.3, -0.25) is 9.48 Å². The number of aromatic nitrogens is 7. The van der Waals surface area contributed by atoms with E-state index in [9.17, 15) is 9.18 Å². The largest absolute Gasteiger partial charge is 0.371 e. The molecule has 3 heterocycles. The van der Waals surface area contributed by atoms with Crippen LogP contribution in [0.25, 0.3) is 11.4 Å². The van der Waals surface area contributed by atoms with Gasteiger partial charge in [-0.25, -0.2) is 14.4 Å². The van der Waals surface area contributed by atoms with Crippen LogP contribution in [-0.4, -0.2) is 47.7 Å². The van der Waals surface area contributed by atoms with E-state index in [4.69, 9.17) is 0 Å². The zero-order valence-corrected chi connectivity index (χ0v) is 13.6. The molecule has 0 aliphatic rings. The third kappa shape index (κ3) is 3.76. The van der Waals surface area contributed by atoms with Gasteiger partial charge in [-0.1, -0.05) is 0 Å². The van der Waals surface area contributed by atoms with Crippen LogP contribution < -0.4 is 10.6 Å². The van der Waals surface area contributed by atoms with E-state index in [1.807, 2.05) is 6.92 Å². The number of amides is 1. The Bertz CT molecular complexity index is 888. The number of hydrogen-bond acceptors (Lipinski definition) is 7. The highest BCUT2D eigenvalue weighted by Gasteiger charge is 2.11. The molecule has 1 amide bonds. The number of carbonyl (C=O) groups is 1. The lowest BCUT2D eigenvalue weighted by Gasteiger charge is -2.03. The predicted octanol–water partition coefficient (Wildman–Crippen LogP) is 0.771. The van der Waals surface area contributed by atoms with Gasteiger partial charge < -0.3 is 10.6 Å². The second kappa shape index (κ2) is 7.03. The normalized spacial score (nSPS) is 10.7. The summed E-state index contributed by atoms with van der Waals surface area (Å²) in [7, 11) is 1.57. The number of halogens is 1. The van der Waals surface area contributed by atoms with Gasteiger partial charge in [0.05, 0.1) is 30.7 Å². The summed E-state index contributed by atoms with van der Waals surface area (Å²) in [5.41, 5.74) is 0.571. The molecule has 0 fully saturated rings. The fourth-order valence-corrected chi connectivity index (χ4v) is 2.08. The number of nitrogens with zero attached hydrogens (tertiary/aromatic N) is 7. The Labute approximate surface area is 142 Å². The molecule has 0 atom stereocenters. The minimum absolute atomic E-state index is 0.0148. The average molecular weight is 345 g/mol. The van der Waals surface area contributed by atoms with Gasteiger partial charge in [0.1, 0.15) is 6.54 Å². The van der Waals surface area contributed by atoms with E-state index in [0.29, 0.717) is 23.8 Å². The minimum Gasteiger partial charge on any atom is -0.371 e. The quantitative estimate of drug-likeness (QED) is 0.678. The molecule has 3 rings (SSSR count). The Balaban J connectivity index is 1.68. The first-order chi connectivity index (χ1) is 12.1. The summed E-state index contributed by atoms with van der Waals surface area (Å²) in [6.07, 6.45) is 5.67. The van der Waals surface area contributed by atoms with Gasteiger partial charge in [-0.15, -0.1) is 5.10 Å². The molecular weight excluding hydrogens is 329 g/mol. The van der Waals surface area contributed by atoms with Crippen molar-refractivity contribution < 1.29 is 9.18 Å². The van der Waals surface area contributed by atoms with Crippen molar-refractivity contribution >= 4 is 17.5 Å². The predicted molar refractivity (Wildman–Crippen MR) is 87.1 cm³/mol. The third-order valence-corrected chi connectivity index (χ3v) is 3.26. The summed E-state index contributed by atoms with van der Waals surface area (Å²) < 4.78 is 14.9. The van der Waals surface area contributed by atoms with Gasteiger partial charge in [0.2, 0.25) is 5.91 Å². The Morgan fingerprint density at radius 3 is 2.84 bits per heavy atom.